The first kappa shape index (κ1) is 11.4. The average Bonchev–Trinajstić information content (AvgIpc) is 2.16. The first-order chi connectivity index (χ1) is 7.04. The highest BCUT2D eigenvalue weighted by molar-refractivity contribution is 7.80. The average molecular weight is 231 g/mol. The first-order valence-electron chi connectivity index (χ1n) is 3.73. The van der Waals surface area contributed by atoms with Crippen LogP contribution >= 0.6 is 0 Å². The van der Waals surface area contributed by atoms with Gasteiger partial charge in [-0.05, 0) is 12.1 Å². The van der Waals surface area contributed by atoms with E-state index >= 15 is 0 Å². The zero-order chi connectivity index (χ0) is 11.4. The van der Waals surface area contributed by atoms with Crippen molar-refractivity contribution in [3.05, 3.63) is 28.3 Å². The predicted molar refractivity (Wildman–Crippen MR) is 52.2 cm³/mol. The van der Waals surface area contributed by atoms with Crippen molar-refractivity contribution in [2.75, 3.05) is 11.8 Å². The molecule has 0 aliphatic carbocycles. The number of nitro groups is 1. The fraction of sp³-hybridized carbons (Fsp3) is 0.143. The van der Waals surface area contributed by atoms with E-state index in [0.717, 1.165) is 6.07 Å². The van der Waals surface area contributed by atoms with Crippen molar-refractivity contribution in [2.24, 2.45) is 0 Å². The molecule has 0 bridgehead atoms. The van der Waals surface area contributed by atoms with Gasteiger partial charge in [0, 0.05) is 17.3 Å². The van der Waals surface area contributed by atoms with Gasteiger partial charge < -0.3 is 14.0 Å². The van der Waals surface area contributed by atoms with Crippen LogP contribution in [-0.4, -0.2) is 20.8 Å². The summed E-state index contributed by atoms with van der Waals surface area (Å²) in [5.74, 6) is 0.0715. The van der Waals surface area contributed by atoms with Crippen molar-refractivity contribution in [1.82, 2.24) is 0 Å². The largest absolute Gasteiger partial charge is 0.755 e. The van der Waals surface area contributed by atoms with Crippen LogP contribution in [0.4, 0.5) is 11.4 Å². The molecule has 0 amide bonds. The van der Waals surface area contributed by atoms with E-state index in [0.29, 0.717) is 0 Å². The van der Waals surface area contributed by atoms with Gasteiger partial charge in [0.2, 0.25) is 0 Å². The molecular formula is C7H7N2O5S-. The molecule has 0 aliphatic rings. The van der Waals surface area contributed by atoms with Gasteiger partial charge in [0.15, 0.2) is 5.75 Å². The third-order valence-corrected chi connectivity index (χ3v) is 1.98. The highest BCUT2D eigenvalue weighted by Gasteiger charge is 2.14. The van der Waals surface area contributed by atoms with E-state index in [1.807, 2.05) is 4.72 Å². The van der Waals surface area contributed by atoms with Gasteiger partial charge in [-0.15, -0.1) is 0 Å². The van der Waals surface area contributed by atoms with Crippen LogP contribution in [0.15, 0.2) is 18.2 Å². The van der Waals surface area contributed by atoms with E-state index in [2.05, 4.69) is 0 Å². The SMILES string of the molecule is COc1ccc(NS(=O)[O-])cc1[N+](=O)[O-]. The lowest BCUT2D eigenvalue weighted by Crippen LogP contribution is -2.03. The van der Waals surface area contributed by atoms with Gasteiger partial charge in [-0.25, -0.2) is 0 Å². The molecule has 0 spiro atoms. The van der Waals surface area contributed by atoms with E-state index < -0.39 is 16.2 Å². The molecule has 0 fully saturated rings. The van der Waals surface area contributed by atoms with Gasteiger partial charge in [-0.2, -0.15) is 0 Å². The minimum absolute atomic E-state index is 0.0715. The second kappa shape index (κ2) is 4.71. The molecule has 1 N–H and O–H groups in total. The van der Waals surface area contributed by atoms with Gasteiger partial charge in [-0.1, -0.05) is 0 Å². The lowest BCUT2D eigenvalue weighted by molar-refractivity contribution is -0.385. The van der Waals surface area contributed by atoms with Gasteiger partial charge in [0.05, 0.1) is 17.7 Å². The Hall–Kier alpha value is -1.67. The van der Waals surface area contributed by atoms with Crippen LogP contribution in [0.25, 0.3) is 0 Å². The zero-order valence-electron chi connectivity index (χ0n) is 7.63. The lowest BCUT2D eigenvalue weighted by atomic mass is 10.2. The summed E-state index contributed by atoms with van der Waals surface area (Å²) in [4.78, 5) is 9.91. The third-order valence-electron chi connectivity index (χ3n) is 1.58. The van der Waals surface area contributed by atoms with Crippen LogP contribution < -0.4 is 9.46 Å². The van der Waals surface area contributed by atoms with Gasteiger partial charge in [-0.3, -0.25) is 14.3 Å². The lowest BCUT2D eigenvalue weighted by Gasteiger charge is -2.09. The molecule has 1 aromatic rings. The Morgan fingerprint density at radius 1 is 1.53 bits per heavy atom. The number of methoxy groups -OCH3 is 1. The summed E-state index contributed by atoms with van der Waals surface area (Å²) in [6, 6.07) is 3.75. The number of nitrogens with one attached hydrogen (secondary N) is 1. The predicted octanol–water partition coefficient (Wildman–Crippen LogP) is 0.809. The third kappa shape index (κ3) is 2.89. The van der Waals surface area contributed by atoms with Crippen LogP contribution in [-0.2, 0) is 11.3 Å². The number of ether oxygens (including phenoxy) is 1. The molecule has 15 heavy (non-hydrogen) atoms. The van der Waals surface area contributed by atoms with Crippen molar-refractivity contribution in [2.45, 2.75) is 0 Å². The maximum atomic E-state index is 10.6. The summed E-state index contributed by atoms with van der Waals surface area (Å²) >= 11 is -2.51. The fourth-order valence-corrected chi connectivity index (χ4v) is 1.31. The molecule has 1 atom stereocenters. The Balaban J connectivity index is 3.10. The maximum absolute atomic E-state index is 10.6. The summed E-state index contributed by atoms with van der Waals surface area (Å²) in [6.07, 6.45) is 0. The van der Waals surface area contributed by atoms with Gasteiger partial charge in [0.25, 0.3) is 0 Å². The summed E-state index contributed by atoms with van der Waals surface area (Å²) in [5, 5.41) is 10.6. The quantitative estimate of drug-likeness (QED) is 0.469. The molecule has 82 valence electrons. The van der Waals surface area contributed by atoms with Crippen LogP contribution in [0.3, 0.4) is 0 Å². The van der Waals surface area contributed by atoms with E-state index in [4.69, 9.17) is 4.74 Å². The molecule has 0 aromatic heterocycles. The topological polar surface area (TPSA) is 105 Å². The number of nitro benzene ring substituents is 1. The molecule has 7 nitrogen and oxygen atoms in total. The Morgan fingerprint density at radius 3 is 2.67 bits per heavy atom. The van der Waals surface area contributed by atoms with Crippen molar-refractivity contribution < 1.29 is 18.4 Å². The molecule has 0 radical (unpaired) electrons. The molecule has 0 aliphatic heterocycles. The van der Waals surface area contributed by atoms with Gasteiger partial charge >= 0.3 is 5.69 Å². The minimum atomic E-state index is -2.51. The summed E-state index contributed by atoms with van der Waals surface area (Å²) in [5.41, 5.74) is -0.191. The molecule has 1 rings (SSSR count). The molecule has 1 aromatic carbocycles. The molecule has 8 heteroatoms. The maximum Gasteiger partial charge on any atom is 0.312 e. The Labute approximate surface area is 87.6 Å². The van der Waals surface area contributed by atoms with Crippen LogP contribution in [0, 0.1) is 10.1 Å². The molecule has 1 unspecified atom stereocenters. The number of hydrogen-bond acceptors (Lipinski definition) is 5. The number of hydrogen-bond donors (Lipinski definition) is 1. The first-order valence-corrected chi connectivity index (χ1v) is 4.80. The van der Waals surface area contributed by atoms with Crippen molar-refractivity contribution in [3.63, 3.8) is 0 Å². The second-order valence-electron chi connectivity index (χ2n) is 2.48. The number of rotatable bonds is 4. The molecular weight excluding hydrogens is 224 g/mol. The van der Waals surface area contributed by atoms with E-state index in [9.17, 15) is 18.9 Å². The second-order valence-corrected chi connectivity index (χ2v) is 3.15. The zero-order valence-corrected chi connectivity index (χ0v) is 8.45. The van der Waals surface area contributed by atoms with Gasteiger partial charge in [0.1, 0.15) is 0 Å². The van der Waals surface area contributed by atoms with E-state index in [1.54, 1.807) is 0 Å². The Bertz CT molecular complexity index is 408. The van der Waals surface area contributed by atoms with Crippen LogP contribution in [0.1, 0.15) is 0 Å². The number of nitrogens with zero attached hydrogens (tertiary/aromatic N) is 1. The normalized spacial score (nSPS) is 11.9. The molecule has 0 saturated heterocycles. The number of benzene rings is 1. The molecule has 0 saturated carbocycles. The summed E-state index contributed by atoms with van der Waals surface area (Å²) < 4.78 is 27.3. The molecule has 0 heterocycles. The number of anilines is 1. The Morgan fingerprint density at radius 2 is 2.20 bits per heavy atom. The van der Waals surface area contributed by atoms with Crippen LogP contribution in [0.5, 0.6) is 5.75 Å². The monoisotopic (exact) mass is 231 g/mol. The smallest absolute Gasteiger partial charge is 0.312 e. The van der Waals surface area contributed by atoms with Crippen molar-refractivity contribution in [3.8, 4) is 5.75 Å². The highest BCUT2D eigenvalue weighted by Crippen LogP contribution is 2.29. The van der Waals surface area contributed by atoms with Crippen molar-refractivity contribution in [1.29, 1.82) is 0 Å². The van der Waals surface area contributed by atoms with Crippen molar-refractivity contribution >= 4 is 22.6 Å². The van der Waals surface area contributed by atoms with Crippen LogP contribution in [0.2, 0.25) is 0 Å². The van der Waals surface area contributed by atoms with E-state index in [1.165, 1.54) is 19.2 Å². The fourth-order valence-electron chi connectivity index (χ4n) is 0.992. The standard InChI is InChI=1S/C7H8N2O5S/c1-14-7-3-2-5(8-15(12)13)4-6(7)9(10)11/h2-4,8H,1H3,(H,12,13)/p-1. The Kier molecular flexibility index (Phi) is 3.58. The van der Waals surface area contributed by atoms with E-state index in [-0.39, 0.29) is 17.1 Å². The summed E-state index contributed by atoms with van der Waals surface area (Å²) in [6.45, 7) is 0. The summed E-state index contributed by atoms with van der Waals surface area (Å²) in [7, 11) is 1.29. The highest BCUT2D eigenvalue weighted by atomic mass is 32.2. The minimum Gasteiger partial charge on any atom is -0.755 e.